The zero-order valence-corrected chi connectivity index (χ0v) is 19.0. The summed E-state index contributed by atoms with van der Waals surface area (Å²) in [5, 5.41) is 0. The molecule has 0 radical (unpaired) electrons. The standard InChI is InChI=1S/C30H24O4/c1-2-16-17(14-15-24-25(16)29(33)21-10-5-4-9-20(21)28(24)32)18-12-7-13-23-26(18)30(34)22-11-6-3-8-19(22)27(23)31/h3,6-8,11-15,20-21H,2,4-5,9-10H2,1H3. The molecule has 3 aromatic rings. The molecule has 3 aromatic carbocycles. The van der Waals surface area contributed by atoms with Crippen molar-refractivity contribution in [3.8, 4) is 11.1 Å². The summed E-state index contributed by atoms with van der Waals surface area (Å²) in [5.74, 6) is -0.653. The molecular weight excluding hydrogens is 424 g/mol. The summed E-state index contributed by atoms with van der Waals surface area (Å²) in [5.41, 5.74) is 4.84. The van der Waals surface area contributed by atoms with Crippen molar-refractivity contribution < 1.29 is 19.2 Å². The maximum absolute atomic E-state index is 13.7. The van der Waals surface area contributed by atoms with Crippen molar-refractivity contribution in [2.75, 3.05) is 0 Å². The topological polar surface area (TPSA) is 68.3 Å². The van der Waals surface area contributed by atoms with Crippen molar-refractivity contribution in [2.24, 2.45) is 11.8 Å². The lowest BCUT2D eigenvalue weighted by atomic mass is 9.66. The van der Waals surface area contributed by atoms with Crippen LogP contribution in [0.3, 0.4) is 0 Å². The molecule has 6 rings (SSSR count). The Hall–Kier alpha value is -3.66. The normalized spacial score (nSPS) is 21.0. The molecule has 0 aromatic heterocycles. The highest BCUT2D eigenvalue weighted by atomic mass is 16.1. The van der Waals surface area contributed by atoms with Crippen LogP contribution in [0.5, 0.6) is 0 Å². The monoisotopic (exact) mass is 448 g/mol. The average molecular weight is 449 g/mol. The second-order valence-corrected chi connectivity index (χ2v) is 9.53. The van der Waals surface area contributed by atoms with Crippen LogP contribution in [-0.2, 0) is 6.42 Å². The number of benzene rings is 3. The molecule has 168 valence electrons. The second-order valence-electron chi connectivity index (χ2n) is 9.53. The fourth-order valence-electron chi connectivity index (χ4n) is 6.27. The Morgan fingerprint density at radius 3 is 1.88 bits per heavy atom. The third kappa shape index (κ3) is 2.78. The molecule has 2 unspecified atom stereocenters. The number of hydrogen-bond donors (Lipinski definition) is 0. The minimum Gasteiger partial charge on any atom is -0.294 e. The van der Waals surface area contributed by atoms with E-state index < -0.39 is 0 Å². The van der Waals surface area contributed by atoms with E-state index in [-0.39, 0.29) is 35.0 Å². The van der Waals surface area contributed by atoms with Gasteiger partial charge in [0.1, 0.15) is 0 Å². The summed E-state index contributed by atoms with van der Waals surface area (Å²) < 4.78 is 0. The Morgan fingerprint density at radius 2 is 1.18 bits per heavy atom. The molecule has 3 aliphatic carbocycles. The molecule has 2 atom stereocenters. The highest BCUT2D eigenvalue weighted by molar-refractivity contribution is 6.30. The zero-order valence-electron chi connectivity index (χ0n) is 19.0. The van der Waals surface area contributed by atoms with Crippen molar-refractivity contribution in [1.29, 1.82) is 0 Å². The van der Waals surface area contributed by atoms with Crippen molar-refractivity contribution in [2.45, 2.75) is 39.0 Å². The quantitative estimate of drug-likeness (QED) is 0.384. The van der Waals surface area contributed by atoms with Gasteiger partial charge in [0.25, 0.3) is 0 Å². The number of Topliss-reactive ketones (excluding diaryl/α,β-unsaturated/α-hetero) is 2. The van der Waals surface area contributed by atoms with Crippen LogP contribution in [0, 0.1) is 11.8 Å². The molecule has 34 heavy (non-hydrogen) atoms. The van der Waals surface area contributed by atoms with Gasteiger partial charge in [0, 0.05) is 45.2 Å². The minimum atomic E-state index is -0.242. The van der Waals surface area contributed by atoms with Gasteiger partial charge in [0.2, 0.25) is 0 Å². The molecule has 0 N–H and O–H groups in total. The first-order chi connectivity index (χ1) is 16.5. The number of ketones is 4. The van der Waals surface area contributed by atoms with Crippen LogP contribution in [0.2, 0.25) is 0 Å². The van der Waals surface area contributed by atoms with E-state index in [0.717, 1.165) is 36.8 Å². The molecule has 0 saturated heterocycles. The van der Waals surface area contributed by atoms with Crippen LogP contribution in [0.25, 0.3) is 11.1 Å². The Kier molecular flexibility index (Phi) is 4.73. The van der Waals surface area contributed by atoms with Crippen molar-refractivity contribution >= 4 is 23.1 Å². The summed E-state index contributed by atoms with van der Waals surface area (Å²) in [6.45, 7) is 1.97. The highest BCUT2D eigenvalue weighted by Gasteiger charge is 2.44. The minimum absolute atomic E-state index is 0.0653. The largest absolute Gasteiger partial charge is 0.294 e. The summed E-state index contributed by atoms with van der Waals surface area (Å²) in [7, 11) is 0. The van der Waals surface area contributed by atoms with Gasteiger partial charge in [0.05, 0.1) is 0 Å². The Labute approximate surface area is 198 Å². The third-order valence-corrected chi connectivity index (χ3v) is 7.86. The zero-order chi connectivity index (χ0) is 23.6. The summed E-state index contributed by atoms with van der Waals surface area (Å²) in [4.78, 5) is 53.8. The molecule has 4 heteroatoms. The van der Waals surface area contributed by atoms with E-state index in [1.165, 1.54) is 0 Å². The van der Waals surface area contributed by atoms with Crippen LogP contribution < -0.4 is 0 Å². The van der Waals surface area contributed by atoms with E-state index in [4.69, 9.17) is 0 Å². The predicted octanol–water partition coefficient (Wildman–Crippen LogP) is 5.88. The van der Waals surface area contributed by atoms with Gasteiger partial charge in [-0.3, -0.25) is 19.2 Å². The molecule has 0 spiro atoms. The molecular formula is C30H24O4. The first-order valence-corrected chi connectivity index (χ1v) is 12.1. The van der Waals surface area contributed by atoms with E-state index >= 15 is 0 Å². The first kappa shape index (κ1) is 20.9. The van der Waals surface area contributed by atoms with E-state index in [2.05, 4.69) is 0 Å². The fraction of sp³-hybridized carbons (Fsp3) is 0.267. The van der Waals surface area contributed by atoms with Crippen molar-refractivity contribution in [3.05, 3.63) is 93.5 Å². The lowest BCUT2D eigenvalue weighted by molar-refractivity contribution is 0.0676. The lowest BCUT2D eigenvalue weighted by Crippen LogP contribution is -2.39. The highest BCUT2D eigenvalue weighted by Crippen LogP contribution is 2.44. The molecule has 0 amide bonds. The van der Waals surface area contributed by atoms with Gasteiger partial charge in [-0.25, -0.2) is 0 Å². The summed E-state index contributed by atoms with van der Waals surface area (Å²) in [6, 6.07) is 15.9. The van der Waals surface area contributed by atoms with Crippen LogP contribution in [0.4, 0.5) is 0 Å². The second kappa shape index (κ2) is 7.69. The van der Waals surface area contributed by atoms with E-state index in [1.807, 2.05) is 19.1 Å². The number of hydrogen-bond acceptors (Lipinski definition) is 4. The Balaban J connectivity index is 1.58. The van der Waals surface area contributed by atoms with E-state index in [0.29, 0.717) is 45.4 Å². The molecule has 3 aliphatic rings. The first-order valence-electron chi connectivity index (χ1n) is 12.1. The number of carbonyl (C=O) groups is 4. The SMILES string of the molecule is CCc1c(-c2cccc3c2C(=O)c2ccccc2C3=O)ccc2c1C(=O)C1CCCCC1C2=O. The molecule has 0 aliphatic heterocycles. The molecule has 1 saturated carbocycles. The van der Waals surface area contributed by atoms with Crippen molar-refractivity contribution in [3.63, 3.8) is 0 Å². The summed E-state index contributed by atoms with van der Waals surface area (Å²) >= 11 is 0. The molecule has 4 nitrogen and oxygen atoms in total. The number of rotatable bonds is 2. The Morgan fingerprint density at radius 1 is 0.588 bits per heavy atom. The van der Waals surface area contributed by atoms with Crippen LogP contribution in [-0.4, -0.2) is 23.1 Å². The van der Waals surface area contributed by atoms with Crippen LogP contribution >= 0.6 is 0 Å². The number of carbonyl (C=O) groups excluding carboxylic acids is 4. The van der Waals surface area contributed by atoms with Crippen molar-refractivity contribution in [1.82, 2.24) is 0 Å². The van der Waals surface area contributed by atoms with E-state index in [9.17, 15) is 19.2 Å². The van der Waals surface area contributed by atoms with Gasteiger partial charge < -0.3 is 0 Å². The van der Waals surface area contributed by atoms with Gasteiger partial charge >= 0.3 is 0 Å². The molecule has 0 bridgehead atoms. The predicted molar refractivity (Wildman–Crippen MR) is 129 cm³/mol. The maximum atomic E-state index is 13.7. The van der Waals surface area contributed by atoms with Gasteiger partial charge in [-0.2, -0.15) is 0 Å². The van der Waals surface area contributed by atoms with Gasteiger partial charge in [-0.15, -0.1) is 0 Å². The van der Waals surface area contributed by atoms with E-state index in [1.54, 1.807) is 42.5 Å². The molecule has 1 fully saturated rings. The van der Waals surface area contributed by atoms with Gasteiger partial charge in [0.15, 0.2) is 23.1 Å². The molecule has 0 heterocycles. The van der Waals surface area contributed by atoms with Gasteiger partial charge in [-0.1, -0.05) is 74.4 Å². The van der Waals surface area contributed by atoms with Crippen LogP contribution in [0.1, 0.15) is 90.7 Å². The van der Waals surface area contributed by atoms with Crippen LogP contribution in [0.15, 0.2) is 54.6 Å². The smallest absolute Gasteiger partial charge is 0.195 e. The average Bonchev–Trinajstić information content (AvgIpc) is 2.89. The number of fused-ring (bicyclic) bond motifs is 4. The third-order valence-electron chi connectivity index (χ3n) is 7.86. The fourth-order valence-corrected chi connectivity index (χ4v) is 6.27. The maximum Gasteiger partial charge on any atom is 0.195 e. The Bertz CT molecular complexity index is 1430. The summed E-state index contributed by atoms with van der Waals surface area (Å²) in [6.07, 6.45) is 4.05. The lowest BCUT2D eigenvalue weighted by Gasteiger charge is -2.35. The van der Waals surface area contributed by atoms with Gasteiger partial charge in [-0.05, 0) is 36.0 Å².